The number of halogens is 2. The van der Waals surface area contributed by atoms with E-state index >= 15 is 0 Å². The molecule has 0 radical (unpaired) electrons. The standard InChI is InChI=1S/C14H17BF2N2/c1-4-5-12-6-7-13(18-12)9-14-10(2)8-11(3)19(14)15(16)17/h6-9H,4-5H2,1-3H3/p+1. The minimum Gasteiger partial charge on any atom is -0.359 e. The first-order chi connectivity index (χ1) is 9.02. The predicted octanol–water partition coefficient (Wildman–Crippen LogP) is 3.67. The van der Waals surface area contributed by atoms with Gasteiger partial charge in [-0.25, -0.2) is 13.1 Å². The molecular formula is C14H18BF2N2+. The molecule has 100 valence electrons. The topological polar surface area (TPSA) is 18.8 Å². The third kappa shape index (κ3) is 2.86. The van der Waals surface area contributed by atoms with E-state index in [1.54, 1.807) is 19.1 Å². The van der Waals surface area contributed by atoms with Crippen LogP contribution in [0.4, 0.5) is 8.63 Å². The predicted molar refractivity (Wildman–Crippen MR) is 75.4 cm³/mol. The molecule has 0 saturated carbocycles. The smallest absolute Gasteiger partial charge is 0.359 e. The molecule has 2 rings (SSSR count). The lowest BCUT2D eigenvalue weighted by Gasteiger charge is -2.00. The number of rotatable bonds is 4. The van der Waals surface area contributed by atoms with Gasteiger partial charge < -0.3 is 4.98 Å². The van der Waals surface area contributed by atoms with Gasteiger partial charge in [-0.3, -0.25) is 0 Å². The quantitative estimate of drug-likeness (QED) is 0.799. The number of hydrogen-bond acceptors (Lipinski definition) is 0. The van der Waals surface area contributed by atoms with Gasteiger partial charge in [-0.1, -0.05) is 13.3 Å². The summed E-state index contributed by atoms with van der Waals surface area (Å²) in [5.74, 6) is 0. The van der Waals surface area contributed by atoms with Gasteiger partial charge in [0.25, 0.3) is 0 Å². The van der Waals surface area contributed by atoms with Gasteiger partial charge in [0.2, 0.25) is 0 Å². The van der Waals surface area contributed by atoms with E-state index in [-0.39, 0.29) is 0 Å². The molecule has 1 aliphatic heterocycles. The summed E-state index contributed by atoms with van der Waals surface area (Å²) < 4.78 is 27.2. The fourth-order valence-corrected chi connectivity index (χ4v) is 2.39. The van der Waals surface area contributed by atoms with Gasteiger partial charge in [-0.05, 0) is 25.5 Å². The number of aryl methyl sites for hydroxylation is 1. The number of allylic oxidation sites excluding steroid dienone is 2. The molecule has 1 aliphatic rings. The SMILES string of the molecule is CCCc1ccc(/C=C2/C(C)=CC(C)=[N+]2B(F)F)[nH]1. The molecule has 0 aliphatic carbocycles. The number of hydrogen-bond donors (Lipinski definition) is 1. The fourth-order valence-electron chi connectivity index (χ4n) is 2.39. The number of nitrogens with one attached hydrogen (secondary N) is 1. The minimum absolute atomic E-state index is 0.567. The molecule has 5 heteroatoms. The first-order valence-electron chi connectivity index (χ1n) is 6.52. The van der Waals surface area contributed by atoms with Crippen LogP contribution in [0.15, 0.2) is 29.5 Å². The third-order valence-electron chi connectivity index (χ3n) is 3.24. The van der Waals surface area contributed by atoms with Crippen LogP contribution in [0.5, 0.6) is 0 Å². The zero-order valence-electron chi connectivity index (χ0n) is 11.5. The van der Waals surface area contributed by atoms with Crippen molar-refractivity contribution in [1.29, 1.82) is 0 Å². The van der Waals surface area contributed by atoms with Crippen LogP contribution >= 0.6 is 0 Å². The Bertz CT molecular complexity index is 568. The first-order valence-corrected chi connectivity index (χ1v) is 6.52. The van der Waals surface area contributed by atoms with Crippen LogP contribution in [-0.2, 0) is 6.42 Å². The van der Waals surface area contributed by atoms with Crippen molar-refractivity contribution in [3.05, 3.63) is 40.9 Å². The van der Waals surface area contributed by atoms with Gasteiger partial charge in [0.05, 0.1) is 0 Å². The highest BCUT2D eigenvalue weighted by Crippen LogP contribution is 2.23. The molecule has 0 unspecified atom stereocenters. The Morgan fingerprint density at radius 3 is 2.68 bits per heavy atom. The van der Waals surface area contributed by atoms with Crippen LogP contribution in [0.3, 0.4) is 0 Å². The number of aromatic nitrogens is 1. The average Bonchev–Trinajstić information content (AvgIpc) is 2.86. The zero-order chi connectivity index (χ0) is 14.0. The van der Waals surface area contributed by atoms with E-state index in [0.29, 0.717) is 11.4 Å². The van der Waals surface area contributed by atoms with E-state index < -0.39 is 7.40 Å². The second-order valence-corrected chi connectivity index (χ2v) is 4.83. The summed E-state index contributed by atoms with van der Waals surface area (Å²) in [6.07, 6.45) is 5.61. The fraction of sp³-hybridized carbons (Fsp3) is 0.357. The number of nitrogens with zero attached hydrogens (tertiary/aromatic N) is 1. The molecular weight excluding hydrogens is 245 g/mol. The van der Waals surface area contributed by atoms with Gasteiger partial charge in [-0.2, -0.15) is 0 Å². The lowest BCUT2D eigenvalue weighted by molar-refractivity contribution is -0.342. The van der Waals surface area contributed by atoms with E-state index in [1.807, 2.05) is 19.1 Å². The van der Waals surface area contributed by atoms with Gasteiger partial charge in [0.1, 0.15) is 0 Å². The summed E-state index contributed by atoms with van der Waals surface area (Å²) in [6, 6.07) is 3.94. The largest absolute Gasteiger partial charge is 0.934 e. The maximum atomic E-state index is 13.1. The molecule has 1 N–H and O–H groups in total. The van der Waals surface area contributed by atoms with Gasteiger partial charge >= 0.3 is 7.40 Å². The summed E-state index contributed by atoms with van der Waals surface area (Å²) in [5, 5.41) is 0. The van der Waals surface area contributed by atoms with Crippen LogP contribution in [-0.4, -0.2) is 22.6 Å². The Labute approximate surface area is 112 Å². The van der Waals surface area contributed by atoms with Crippen molar-refractivity contribution < 1.29 is 13.1 Å². The molecule has 2 nitrogen and oxygen atoms in total. The van der Waals surface area contributed by atoms with E-state index in [2.05, 4.69) is 11.9 Å². The maximum Gasteiger partial charge on any atom is 0.934 e. The molecule has 0 aromatic carbocycles. The number of aromatic amines is 1. The Kier molecular flexibility index (Phi) is 4.03. The monoisotopic (exact) mass is 263 g/mol. The summed E-state index contributed by atoms with van der Waals surface area (Å²) in [6.45, 7) is 5.67. The minimum atomic E-state index is -2.51. The molecule has 0 saturated heterocycles. The highest BCUT2D eigenvalue weighted by molar-refractivity contribution is 6.35. The summed E-state index contributed by atoms with van der Waals surface area (Å²) in [7, 11) is -2.51. The van der Waals surface area contributed by atoms with Crippen molar-refractivity contribution in [2.45, 2.75) is 33.6 Å². The van der Waals surface area contributed by atoms with Crippen molar-refractivity contribution in [2.75, 3.05) is 0 Å². The van der Waals surface area contributed by atoms with Crippen LogP contribution in [0.25, 0.3) is 6.08 Å². The Morgan fingerprint density at radius 1 is 1.32 bits per heavy atom. The molecule has 0 bridgehead atoms. The molecule has 19 heavy (non-hydrogen) atoms. The van der Waals surface area contributed by atoms with Crippen molar-refractivity contribution in [3.8, 4) is 0 Å². The van der Waals surface area contributed by atoms with Crippen LogP contribution in [0.1, 0.15) is 38.6 Å². The lowest BCUT2D eigenvalue weighted by atomic mass is 10.1. The van der Waals surface area contributed by atoms with E-state index in [9.17, 15) is 8.63 Å². The Hall–Kier alpha value is -1.65. The summed E-state index contributed by atoms with van der Waals surface area (Å²) in [5.41, 5.74) is 4.02. The lowest BCUT2D eigenvalue weighted by Crippen LogP contribution is -2.23. The molecule has 1 aromatic rings. The molecule has 0 amide bonds. The average molecular weight is 263 g/mol. The van der Waals surface area contributed by atoms with Crippen molar-refractivity contribution in [3.63, 3.8) is 0 Å². The van der Waals surface area contributed by atoms with Gasteiger partial charge in [-0.15, -0.1) is 0 Å². The highest BCUT2D eigenvalue weighted by Gasteiger charge is 2.42. The van der Waals surface area contributed by atoms with Crippen molar-refractivity contribution >= 4 is 19.2 Å². The highest BCUT2D eigenvalue weighted by atomic mass is 19.2. The van der Waals surface area contributed by atoms with Crippen LogP contribution in [0, 0.1) is 0 Å². The van der Waals surface area contributed by atoms with Crippen molar-refractivity contribution in [2.24, 2.45) is 0 Å². The molecule has 0 fully saturated rings. The van der Waals surface area contributed by atoms with Crippen LogP contribution in [0.2, 0.25) is 0 Å². The third-order valence-corrected chi connectivity index (χ3v) is 3.24. The molecule has 1 aromatic heterocycles. The van der Waals surface area contributed by atoms with E-state index in [1.165, 1.54) is 0 Å². The summed E-state index contributed by atoms with van der Waals surface area (Å²) in [4.78, 5) is 3.25. The second kappa shape index (κ2) is 5.55. The van der Waals surface area contributed by atoms with Gasteiger partial charge in [0, 0.05) is 36.0 Å². The Morgan fingerprint density at radius 2 is 2.05 bits per heavy atom. The first kappa shape index (κ1) is 13.8. The molecule has 0 spiro atoms. The maximum absolute atomic E-state index is 13.1. The van der Waals surface area contributed by atoms with E-state index in [4.69, 9.17) is 0 Å². The normalized spacial score (nSPS) is 17.3. The number of H-pyrrole nitrogens is 1. The zero-order valence-corrected chi connectivity index (χ0v) is 11.5. The van der Waals surface area contributed by atoms with Gasteiger partial charge in [0.15, 0.2) is 11.4 Å². The molecule has 0 atom stereocenters. The van der Waals surface area contributed by atoms with Crippen molar-refractivity contribution in [1.82, 2.24) is 4.98 Å². The second-order valence-electron chi connectivity index (χ2n) is 4.83. The van der Waals surface area contributed by atoms with Crippen LogP contribution < -0.4 is 0 Å². The summed E-state index contributed by atoms with van der Waals surface area (Å²) >= 11 is 0. The molecule has 2 heterocycles. The van der Waals surface area contributed by atoms with E-state index in [0.717, 1.165) is 34.3 Å². The Balaban J connectivity index is 2.33.